The van der Waals surface area contributed by atoms with Gasteiger partial charge in [-0.05, 0) is 6.07 Å². The van der Waals surface area contributed by atoms with Gasteiger partial charge in [0.25, 0.3) is 0 Å². The van der Waals surface area contributed by atoms with Crippen LogP contribution in [-0.4, -0.2) is 50.5 Å². The number of fused-ring (bicyclic) bond motifs is 3. The monoisotopic (exact) mass is 319 g/mol. The van der Waals surface area contributed by atoms with Gasteiger partial charge in [0.1, 0.15) is 11.5 Å². The molecule has 0 saturated carbocycles. The number of aromatic nitrogens is 3. The highest BCUT2D eigenvalue weighted by Crippen LogP contribution is 2.39. The van der Waals surface area contributed by atoms with Crippen LogP contribution in [0.5, 0.6) is 0 Å². The maximum absolute atomic E-state index is 9.81. The zero-order valence-electron chi connectivity index (χ0n) is 11.5. The molecule has 0 amide bonds. The molecule has 5 N–H and O–H groups in total. The number of nitrogens with two attached hydrogens (primary N) is 1. The highest BCUT2D eigenvalue weighted by molar-refractivity contribution is 6.35. The normalized spacial score (nSPS) is 22.0. The van der Waals surface area contributed by atoms with Crippen LogP contribution >= 0.6 is 11.6 Å². The lowest BCUT2D eigenvalue weighted by molar-refractivity contribution is 0.0572. The quantitative estimate of drug-likeness (QED) is 0.530. The van der Waals surface area contributed by atoms with E-state index in [2.05, 4.69) is 15.0 Å². The second-order valence-electron chi connectivity index (χ2n) is 5.50. The standard InChI is InChI=1S/C14H14ClN5O2/c15-7-2-18-14-12(6-1-11(16)17-3-8(6)19-14)13(7)20-4-9(21)10(22)5-20/h1-3,9-10,21-22H,4-5H2,(H2,16,17)(H,18,19)/t9-,10-/m1/s1. The van der Waals surface area contributed by atoms with Gasteiger partial charge in [-0.15, -0.1) is 0 Å². The Bertz CT molecular complexity index is 870. The molecule has 114 valence electrons. The van der Waals surface area contributed by atoms with Crippen molar-refractivity contribution in [2.24, 2.45) is 0 Å². The Morgan fingerprint density at radius 2 is 1.95 bits per heavy atom. The lowest BCUT2D eigenvalue weighted by Crippen LogP contribution is -2.22. The molecule has 1 fully saturated rings. The van der Waals surface area contributed by atoms with Crippen LogP contribution in [-0.2, 0) is 0 Å². The summed E-state index contributed by atoms with van der Waals surface area (Å²) in [5, 5.41) is 21.8. The minimum Gasteiger partial charge on any atom is -0.389 e. The van der Waals surface area contributed by atoms with Crippen molar-refractivity contribution in [2.75, 3.05) is 23.7 Å². The number of H-pyrrole nitrogens is 1. The fraction of sp³-hybridized carbons (Fsp3) is 0.286. The van der Waals surface area contributed by atoms with Gasteiger partial charge >= 0.3 is 0 Å². The maximum Gasteiger partial charge on any atom is 0.140 e. The number of aromatic amines is 1. The highest BCUT2D eigenvalue weighted by Gasteiger charge is 2.32. The third-order valence-electron chi connectivity index (χ3n) is 4.03. The third-order valence-corrected chi connectivity index (χ3v) is 4.31. The third kappa shape index (κ3) is 1.90. The first kappa shape index (κ1) is 13.6. The van der Waals surface area contributed by atoms with Crippen LogP contribution in [0.1, 0.15) is 0 Å². The van der Waals surface area contributed by atoms with E-state index >= 15 is 0 Å². The number of halogens is 1. The smallest absolute Gasteiger partial charge is 0.140 e. The minimum atomic E-state index is -0.795. The van der Waals surface area contributed by atoms with Crippen molar-refractivity contribution in [2.45, 2.75) is 12.2 Å². The average molecular weight is 320 g/mol. The molecule has 3 aromatic rings. The van der Waals surface area contributed by atoms with Gasteiger partial charge in [0, 0.05) is 18.5 Å². The number of hydrogen-bond acceptors (Lipinski definition) is 6. The first-order chi connectivity index (χ1) is 10.5. The van der Waals surface area contributed by atoms with Crippen LogP contribution in [0.4, 0.5) is 11.5 Å². The molecule has 0 spiro atoms. The summed E-state index contributed by atoms with van der Waals surface area (Å²) in [6.45, 7) is 0.625. The number of β-amino-alcohol motifs (C(OH)–C–C–N with tert-alkyl or cyclic N) is 2. The zero-order chi connectivity index (χ0) is 15.4. The fourth-order valence-corrected chi connectivity index (χ4v) is 3.26. The molecule has 7 nitrogen and oxygen atoms in total. The first-order valence-electron chi connectivity index (χ1n) is 6.87. The van der Waals surface area contributed by atoms with E-state index in [0.717, 1.165) is 22.0 Å². The Morgan fingerprint density at radius 1 is 1.23 bits per heavy atom. The van der Waals surface area contributed by atoms with E-state index in [-0.39, 0.29) is 0 Å². The largest absolute Gasteiger partial charge is 0.389 e. The summed E-state index contributed by atoms with van der Waals surface area (Å²) >= 11 is 6.35. The molecule has 2 atom stereocenters. The van der Waals surface area contributed by atoms with Crippen LogP contribution in [0, 0.1) is 0 Å². The van der Waals surface area contributed by atoms with Crippen molar-refractivity contribution < 1.29 is 10.2 Å². The Labute approximate surface area is 130 Å². The molecule has 0 aliphatic carbocycles. The Kier molecular flexibility index (Phi) is 2.90. The average Bonchev–Trinajstić information content (AvgIpc) is 3.00. The molecule has 22 heavy (non-hydrogen) atoms. The topological polar surface area (TPSA) is 111 Å². The summed E-state index contributed by atoms with van der Waals surface area (Å²) in [5.74, 6) is 0.404. The number of rotatable bonds is 1. The van der Waals surface area contributed by atoms with Gasteiger partial charge in [-0.25, -0.2) is 9.97 Å². The van der Waals surface area contributed by atoms with E-state index < -0.39 is 12.2 Å². The molecule has 0 unspecified atom stereocenters. The van der Waals surface area contributed by atoms with Crippen LogP contribution in [0.3, 0.4) is 0 Å². The lowest BCUT2D eigenvalue weighted by atomic mass is 10.2. The summed E-state index contributed by atoms with van der Waals surface area (Å²) < 4.78 is 0. The summed E-state index contributed by atoms with van der Waals surface area (Å²) in [7, 11) is 0. The Balaban J connectivity index is 2.02. The molecule has 0 aromatic carbocycles. The van der Waals surface area contributed by atoms with Crippen molar-refractivity contribution in [1.82, 2.24) is 15.0 Å². The Hall–Kier alpha value is -2.09. The van der Waals surface area contributed by atoms with Crippen molar-refractivity contribution in [3.63, 3.8) is 0 Å². The summed E-state index contributed by atoms with van der Waals surface area (Å²) in [6.07, 6.45) is 1.62. The van der Waals surface area contributed by atoms with Crippen molar-refractivity contribution >= 4 is 45.0 Å². The van der Waals surface area contributed by atoms with E-state index in [1.807, 2.05) is 4.90 Å². The van der Waals surface area contributed by atoms with Crippen molar-refractivity contribution in [3.8, 4) is 0 Å². The SMILES string of the molecule is Nc1cc2c(cn1)[nH]c1ncc(Cl)c(N3C[C@@H](O)[C@H](O)C3)c12. The van der Waals surface area contributed by atoms with Gasteiger partial charge in [-0.2, -0.15) is 0 Å². The van der Waals surface area contributed by atoms with E-state index in [4.69, 9.17) is 17.3 Å². The zero-order valence-corrected chi connectivity index (χ0v) is 12.2. The number of nitrogens with zero attached hydrogens (tertiary/aromatic N) is 3. The van der Waals surface area contributed by atoms with Gasteiger partial charge < -0.3 is 25.8 Å². The number of nitrogens with one attached hydrogen (secondary N) is 1. The van der Waals surface area contributed by atoms with E-state index in [1.165, 1.54) is 0 Å². The molecular formula is C14H14ClN5O2. The molecular weight excluding hydrogens is 306 g/mol. The van der Waals surface area contributed by atoms with Crippen LogP contribution < -0.4 is 10.6 Å². The van der Waals surface area contributed by atoms with Gasteiger partial charge in [0.2, 0.25) is 0 Å². The minimum absolute atomic E-state index is 0.313. The molecule has 1 saturated heterocycles. The maximum atomic E-state index is 9.81. The number of pyridine rings is 2. The van der Waals surface area contributed by atoms with Gasteiger partial charge in [-0.1, -0.05) is 11.6 Å². The molecule has 8 heteroatoms. The molecule has 1 aliphatic rings. The van der Waals surface area contributed by atoms with E-state index in [1.54, 1.807) is 18.5 Å². The molecule has 4 heterocycles. The predicted molar refractivity (Wildman–Crippen MR) is 85.0 cm³/mol. The summed E-state index contributed by atoms with van der Waals surface area (Å²) in [6, 6.07) is 1.76. The summed E-state index contributed by atoms with van der Waals surface area (Å²) in [4.78, 5) is 13.4. The van der Waals surface area contributed by atoms with E-state index in [9.17, 15) is 10.2 Å². The fourth-order valence-electron chi connectivity index (χ4n) is 3.00. The lowest BCUT2D eigenvalue weighted by Gasteiger charge is -2.20. The predicted octanol–water partition coefficient (Wildman–Crippen LogP) is 0.888. The van der Waals surface area contributed by atoms with Crippen LogP contribution in [0.15, 0.2) is 18.5 Å². The van der Waals surface area contributed by atoms with Gasteiger partial charge in [0.15, 0.2) is 0 Å². The summed E-state index contributed by atoms with van der Waals surface area (Å²) in [5.41, 5.74) is 7.99. The van der Waals surface area contributed by atoms with E-state index in [0.29, 0.717) is 29.6 Å². The van der Waals surface area contributed by atoms with Gasteiger partial charge in [-0.3, -0.25) is 0 Å². The van der Waals surface area contributed by atoms with Crippen molar-refractivity contribution in [1.29, 1.82) is 0 Å². The van der Waals surface area contributed by atoms with Gasteiger partial charge in [0.05, 0.1) is 46.2 Å². The Morgan fingerprint density at radius 3 is 2.68 bits per heavy atom. The second-order valence-corrected chi connectivity index (χ2v) is 5.90. The molecule has 0 radical (unpaired) electrons. The van der Waals surface area contributed by atoms with Crippen molar-refractivity contribution in [3.05, 3.63) is 23.5 Å². The molecule has 4 rings (SSSR count). The highest BCUT2D eigenvalue weighted by atomic mass is 35.5. The second kappa shape index (κ2) is 4.70. The number of aliphatic hydroxyl groups excluding tert-OH is 2. The van der Waals surface area contributed by atoms with Crippen LogP contribution in [0.25, 0.3) is 21.9 Å². The molecule has 1 aliphatic heterocycles. The molecule has 3 aromatic heterocycles. The first-order valence-corrected chi connectivity index (χ1v) is 7.25. The number of aliphatic hydroxyl groups is 2. The number of hydrogen-bond donors (Lipinski definition) is 4. The molecule has 0 bridgehead atoms. The van der Waals surface area contributed by atoms with Crippen LogP contribution in [0.2, 0.25) is 5.02 Å². The number of nitrogen functional groups attached to an aromatic ring is 1. The number of anilines is 2.